The molecule has 1 aliphatic rings. The molecule has 1 amide bonds. The Morgan fingerprint density at radius 2 is 2.33 bits per heavy atom. The van der Waals surface area contributed by atoms with Crippen molar-refractivity contribution in [2.45, 2.75) is 18.8 Å². The van der Waals surface area contributed by atoms with Gasteiger partial charge < -0.3 is 9.47 Å². The average molecular weight is 289 g/mol. The smallest absolute Gasteiger partial charge is 0.256 e. The lowest BCUT2D eigenvalue weighted by Gasteiger charge is -2.32. The van der Waals surface area contributed by atoms with Gasteiger partial charge >= 0.3 is 0 Å². The highest BCUT2D eigenvalue weighted by Crippen LogP contribution is 2.26. The molecular formula is C14H16FN5O. The molecule has 0 aromatic carbocycles. The number of carbonyl (C=O) groups excluding carboxylic acids is 1. The standard InChI is InChI=1S/C14H16FN5O/c1-19-9-17-18-13(19)10-3-2-6-20(8-10)14(21)11-4-5-16-7-12(11)15/h4-5,7,9-10H,2-3,6,8H2,1H3. The Labute approximate surface area is 121 Å². The molecule has 3 heterocycles. The van der Waals surface area contributed by atoms with Gasteiger partial charge in [-0.05, 0) is 18.9 Å². The van der Waals surface area contributed by atoms with Crippen molar-refractivity contribution >= 4 is 5.91 Å². The topological polar surface area (TPSA) is 63.9 Å². The normalized spacial score (nSPS) is 18.8. The molecule has 2 aromatic rings. The van der Waals surface area contributed by atoms with Crippen LogP contribution in [-0.4, -0.2) is 43.6 Å². The minimum atomic E-state index is -0.580. The molecule has 7 heteroatoms. The first-order valence-corrected chi connectivity index (χ1v) is 6.89. The number of carbonyl (C=O) groups is 1. The molecule has 1 aliphatic heterocycles. The number of amides is 1. The maximum absolute atomic E-state index is 13.7. The highest BCUT2D eigenvalue weighted by molar-refractivity contribution is 5.94. The van der Waals surface area contributed by atoms with Crippen LogP contribution in [0.2, 0.25) is 0 Å². The van der Waals surface area contributed by atoms with Gasteiger partial charge in [0.05, 0.1) is 11.8 Å². The van der Waals surface area contributed by atoms with E-state index >= 15 is 0 Å². The molecule has 1 atom stereocenters. The van der Waals surface area contributed by atoms with Gasteiger partial charge in [0.15, 0.2) is 5.82 Å². The Hall–Kier alpha value is -2.31. The zero-order valence-electron chi connectivity index (χ0n) is 11.7. The minimum absolute atomic E-state index is 0.0728. The number of rotatable bonds is 2. The number of likely N-dealkylation sites (tertiary alicyclic amines) is 1. The van der Waals surface area contributed by atoms with E-state index in [0.29, 0.717) is 13.1 Å². The van der Waals surface area contributed by atoms with Crippen LogP contribution in [0.1, 0.15) is 34.9 Å². The maximum Gasteiger partial charge on any atom is 0.256 e. The third-order valence-corrected chi connectivity index (χ3v) is 3.82. The second-order valence-corrected chi connectivity index (χ2v) is 5.25. The zero-order valence-corrected chi connectivity index (χ0v) is 11.7. The maximum atomic E-state index is 13.7. The lowest BCUT2D eigenvalue weighted by atomic mass is 9.96. The van der Waals surface area contributed by atoms with Crippen molar-refractivity contribution in [2.75, 3.05) is 13.1 Å². The lowest BCUT2D eigenvalue weighted by Crippen LogP contribution is -2.40. The van der Waals surface area contributed by atoms with Gasteiger partial charge in [-0.25, -0.2) is 4.39 Å². The summed E-state index contributed by atoms with van der Waals surface area (Å²) < 4.78 is 15.6. The summed E-state index contributed by atoms with van der Waals surface area (Å²) in [5.74, 6) is 0.132. The van der Waals surface area contributed by atoms with Crippen LogP contribution in [0.5, 0.6) is 0 Å². The van der Waals surface area contributed by atoms with Crippen molar-refractivity contribution in [1.82, 2.24) is 24.6 Å². The van der Waals surface area contributed by atoms with Crippen molar-refractivity contribution in [3.05, 3.63) is 42.0 Å². The second kappa shape index (κ2) is 5.59. The fourth-order valence-corrected chi connectivity index (χ4v) is 2.75. The Kier molecular flexibility index (Phi) is 3.64. The highest BCUT2D eigenvalue weighted by Gasteiger charge is 2.28. The van der Waals surface area contributed by atoms with Gasteiger partial charge in [0.25, 0.3) is 5.91 Å². The van der Waals surface area contributed by atoms with E-state index in [1.165, 1.54) is 12.3 Å². The third kappa shape index (κ3) is 2.63. The van der Waals surface area contributed by atoms with Crippen LogP contribution < -0.4 is 0 Å². The van der Waals surface area contributed by atoms with Crippen LogP contribution >= 0.6 is 0 Å². The minimum Gasteiger partial charge on any atom is -0.338 e. The van der Waals surface area contributed by atoms with Gasteiger partial charge in [-0.2, -0.15) is 0 Å². The Balaban J connectivity index is 1.79. The second-order valence-electron chi connectivity index (χ2n) is 5.25. The molecule has 0 aliphatic carbocycles. The van der Waals surface area contributed by atoms with Crippen molar-refractivity contribution in [3.8, 4) is 0 Å². The van der Waals surface area contributed by atoms with E-state index < -0.39 is 5.82 Å². The summed E-state index contributed by atoms with van der Waals surface area (Å²) in [4.78, 5) is 17.8. The predicted molar refractivity (Wildman–Crippen MR) is 73.1 cm³/mol. The number of hydrogen-bond acceptors (Lipinski definition) is 4. The number of nitrogens with zero attached hydrogens (tertiary/aromatic N) is 5. The van der Waals surface area contributed by atoms with Crippen molar-refractivity contribution < 1.29 is 9.18 Å². The number of aryl methyl sites for hydroxylation is 1. The first kappa shape index (κ1) is 13.7. The Bertz CT molecular complexity index is 656. The van der Waals surface area contributed by atoms with Crippen LogP contribution in [0.4, 0.5) is 4.39 Å². The van der Waals surface area contributed by atoms with E-state index in [1.807, 2.05) is 11.6 Å². The van der Waals surface area contributed by atoms with Crippen molar-refractivity contribution in [2.24, 2.45) is 7.05 Å². The van der Waals surface area contributed by atoms with Gasteiger partial charge in [0.2, 0.25) is 0 Å². The monoisotopic (exact) mass is 289 g/mol. The molecule has 21 heavy (non-hydrogen) atoms. The lowest BCUT2D eigenvalue weighted by molar-refractivity contribution is 0.0698. The van der Waals surface area contributed by atoms with Crippen LogP contribution in [0.15, 0.2) is 24.8 Å². The van der Waals surface area contributed by atoms with Gasteiger partial charge in [0, 0.05) is 32.3 Å². The zero-order chi connectivity index (χ0) is 14.8. The van der Waals surface area contributed by atoms with E-state index in [-0.39, 0.29) is 17.4 Å². The summed E-state index contributed by atoms with van der Waals surface area (Å²) in [7, 11) is 1.89. The van der Waals surface area contributed by atoms with Gasteiger partial charge in [0.1, 0.15) is 12.2 Å². The largest absolute Gasteiger partial charge is 0.338 e. The molecule has 6 nitrogen and oxygen atoms in total. The Morgan fingerprint density at radius 1 is 1.48 bits per heavy atom. The van der Waals surface area contributed by atoms with Crippen LogP contribution in [-0.2, 0) is 7.05 Å². The predicted octanol–water partition coefficient (Wildman–Crippen LogP) is 1.37. The molecule has 0 bridgehead atoms. The van der Waals surface area contributed by atoms with E-state index in [2.05, 4.69) is 15.2 Å². The highest BCUT2D eigenvalue weighted by atomic mass is 19.1. The molecule has 1 fully saturated rings. The Morgan fingerprint density at radius 3 is 3.05 bits per heavy atom. The first-order chi connectivity index (χ1) is 10.2. The van der Waals surface area contributed by atoms with Crippen LogP contribution in [0.3, 0.4) is 0 Å². The molecule has 1 saturated heterocycles. The fourth-order valence-electron chi connectivity index (χ4n) is 2.75. The molecular weight excluding hydrogens is 273 g/mol. The van der Waals surface area contributed by atoms with Crippen LogP contribution in [0, 0.1) is 5.82 Å². The van der Waals surface area contributed by atoms with Gasteiger partial charge in [-0.15, -0.1) is 10.2 Å². The number of piperidine rings is 1. The van der Waals surface area contributed by atoms with Crippen molar-refractivity contribution in [1.29, 1.82) is 0 Å². The van der Waals surface area contributed by atoms with E-state index in [4.69, 9.17) is 0 Å². The third-order valence-electron chi connectivity index (χ3n) is 3.82. The number of aromatic nitrogens is 4. The number of pyridine rings is 1. The summed E-state index contributed by atoms with van der Waals surface area (Å²) in [6.45, 7) is 1.17. The molecule has 0 spiro atoms. The van der Waals surface area contributed by atoms with Gasteiger partial charge in [-0.3, -0.25) is 9.78 Å². The first-order valence-electron chi connectivity index (χ1n) is 6.89. The summed E-state index contributed by atoms with van der Waals surface area (Å²) in [6, 6.07) is 1.42. The molecule has 0 N–H and O–H groups in total. The molecule has 3 rings (SSSR count). The SMILES string of the molecule is Cn1cnnc1C1CCCN(C(=O)c2ccncc2F)C1. The quantitative estimate of drug-likeness (QED) is 0.837. The summed E-state index contributed by atoms with van der Waals surface area (Å²) in [5.41, 5.74) is 0.0728. The summed E-state index contributed by atoms with van der Waals surface area (Å²) in [6.07, 6.45) is 5.97. The van der Waals surface area contributed by atoms with E-state index in [9.17, 15) is 9.18 Å². The van der Waals surface area contributed by atoms with E-state index in [0.717, 1.165) is 24.9 Å². The molecule has 0 saturated carbocycles. The average Bonchev–Trinajstić information content (AvgIpc) is 2.93. The fraction of sp³-hybridized carbons (Fsp3) is 0.429. The van der Waals surface area contributed by atoms with Crippen molar-refractivity contribution in [3.63, 3.8) is 0 Å². The molecule has 1 unspecified atom stereocenters. The summed E-state index contributed by atoms with van der Waals surface area (Å²) in [5, 5.41) is 7.99. The molecule has 110 valence electrons. The van der Waals surface area contributed by atoms with Crippen LogP contribution in [0.25, 0.3) is 0 Å². The molecule has 2 aromatic heterocycles. The number of hydrogen-bond donors (Lipinski definition) is 0. The summed E-state index contributed by atoms with van der Waals surface area (Å²) >= 11 is 0. The number of halogens is 1. The van der Waals surface area contributed by atoms with E-state index in [1.54, 1.807) is 11.2 Å². The van der Waals surface area contributed by atoms with Gasteiger partial charge in [-0.1, -0.05) is 0 Å². The molecule has 0 radical (unpaired) electrons.